The highest BCUT2D eigenvalue weighted by atomic mass is 32.2. The van der Waals surface area contributed by atoms with E-state index in [0.717, 1.165) is 5.56 Å². The third-order valence-corrected chi connectivity index (χ3v) is 6.22. The minimum absolute atomic E-state index is 0.0694. The van der Waals surface area contributed by atoms with Crippen LogP contribution in [0, 0.1) is 11.3 Å². The van der Waals surface area contributed by atoms with Crippen LogP contribution in [0.3, 0.4) is 0 Å². The maximum atomic E-state index is 12.7. The van der Waals surface area contributed by atoms with E-state index in [1.807, 2.05) is 6.07 Å². The van der Waals surface area contributed by atoms with Crippen molar-refractivity contribution in [3.63, 3.8) is 0 Å². The van der Waals surface area contributed by atoms with E-state index in [1.54, 1.807) is 35.2 Å². The minimum Gasteiger partial charge on any atom is -0.390 e. The fourth-order valence-electron chi connectivity index (χ4n) is 3.04. The monoisotopic (exact) mass is 401 g/mol. The SMILES string of the molecule is CC(C)(C)c1ccc(S(=O)(=O)N[C@@H]2CN(c3ccc(C#N)nn3)C[C@H]2O)cc1. The molecule has 0 radical (unpaired) electrons. The summed E-state index contributed by atoms with van der Waals surface area (Å²) in [6.07, 6.45) is -0.888. The molecule has 1 saturated heterocycles. The number of nitriles is 1. The molecule has 0 amide bonds. The lowest BCUT2D eigenvalue weighted by Crippen LogP contribution is -2.42. The van der Waals surface area contributed by atoms with Crippen LogP contribution < -0.4 is 9.62 Å². The van der Waals surface area contributed by atoms with Gasteiger partial charge in [-0.2, -0.15) is 5.26 Å². The van der Waals surface area contributed by atoms with Crippen LogP contribution in [-0.2, 0) is 15.4 Å². The third-order valence-electron chi connectivity index (χ3n) is 4.72. The topological polar surface area (TPSA) is 119 Å². The number of rotatable bonds is 4. The third kappa shape index (κ3) is 4.30. The summed E-state index contributed by atoms with van der Waals surface area (Å²) >= 11 is 0. The molecule has 1 aliphatic heterocycles. The van der Waals surface area contributed by atoms with E-state index in [9.17, 15) is 13.5 Å². The fraction of sp³-hybridized carbons (Fsp3) is 0.421. The van der Waals surface area contributed by atoms with E-state index in [4.69, 9.17) is 5.26 Å². The average Bonchev–Trinajstić information content (AvgIpc) is 3.01. The number of aliphatic hydroxyl groups is 1. The molecule has 0 aliphatic carbocycles. The summed E-state index contributed by atoms with van der Waals surface area (Å²) in [4.78, 5) is 1.89. The van der Waals surface area contributed by atoms with Crippen molar-refractivity contribution in [2.24, 2.45) is 0 Å². The van der Waals surface area contributed by atoms with Gasteiger partial charge in [-0.15, -0.1) is 10.2 Å². The van der Waals surface area contributed by atoms with Crippen LogP contribution in [0.25, 0.3) is 0 Å². The smallest absolute Gasteiger partial charge is 0.240 e. The first-order valence-corrected chi connectivity index (χ1v) is 10.4. The van der Waals surface area contributed by atoms with Crippen LogP contribution in [0.4, 0.5) is 5.82 Å². The van der Waals surface area contributed by atoms with Crippen molar-refractivity contribution in [3.8, 4) is 6.07 Å². The van der Waals surface area contributed by atoms with Crippen LogP contribution in [0.1, 0.15) is 32.0 Å². The molecule has 2 aromatic rings. The molecule has 0 bridgehead atoms. The molecule has 0 unspecified atom stereocenters. The van der Waals surface area contributed by atoms with E-state index in [2.05, 4.69) is 35.7 Å². The largest absolute Gasteiger partial charge is 0.390 e. The summed E-state index contributed by atoms with van der Waals surface area (Å²) in [6.45, 7) is 6.65. The second kappa shape index (κ2) is 7.47. The number of aromatic nitrogens is 2. The van der Waals surface area contributed by atoms with Crippen molar-refractivity contribution in [3.05, 3.63) is 47.7 Å². The van der Waals surface area contributed by atoms with Crippen molar-refractivity contribution < 1.29 is 13.5 Å². The second-order valence-corrected chi connectivity index (χ2v) is 9.58. The summed E-state index contributed by atoms with van der Waals surface area (Å²) in [7, 11) is -3.77. The number of anilines is 1. The van der Waals surface area contributed by atoms with Gasteiger partial charge in [0.25, 0.3) is 0 Å². The van der Waals surface area contributed by atoms with Gasteiger partial charge in [-0.1, -0.05) is 32.9 Å². The first-order chi connectivity index (χ1) is 13.1. The van der Waals surface area contributed by atoms with Gasteiger partial charge in [0, 0.05) is 13.1 Å². The molecule has 0 saturated carbocycles. The highest BCUT2D eigenvalue weighted by Crippen LogP contribution is 2.24. The zero-order valence-corrected chi connectivity index (χ0v) is 16.8. The average molecular weight is 401 g/mol. The maximum absolute atomic E-state index is 12.7. The molecule has 1 aromatic carbocycles. The lowest BCUT2D eigenvalue weighted by molar-refractivity contribution is 0.174. The van der Waals surface area contributed by atoms with E-state index >= 15 is 0 Å². The molecule has 2 heterocycles. The number of hydrogen-bond donors (Lipinski definition) is 2. The zero-order chi connectivity index (χ0) is 20.5. The first-order valence-electron chi connectivity index (χ1n) is 8.90. The predicted molar refractivity (Wildman–Crippen MR) is 104 cm³/mol. The Hall–Kier alpha value is -2.54. The van der Waals surface area contributed by atoms with Crippen molar-refractivity contribution in [1.82, 2.24) is 14.9 Å². The molecule has 28 heavy (non-hydrogen) atoms. The summed E-state index contributed by atoms with van der Waals surface area (Å²) in [5.74, 6) is 0.481. The molecular formula is C19H23N5O3S. The highest BCUT2D eigenvalue weighted by molar-refractivity contribution is 7.89. The number of nitrogens with zero attached hydrogens (tertiary/aromatic N) is 4. The molecule has 1 aromatic heterocycles. The van der Waals surface area contributed by atoms with Crippen LogP contribution in [0.2, 0.25) is 0 Å². The quantitative estimate of drug-likeness (QED) is 0.789. The Morgan fingerprint density at radius 2 is 1.82 bits per heavy atom. The lowest BCUT2D eigenvalue weighted by atomic mass is 9.87. The second-order valence-electron chi connectivity index (χ2n) is 7.86. The zero-order valence-electron chi connectivity index (χ0n) is 16.0. The number of β-amino-alcohol motifs (C(OH)–C–C–N with tert-alkyl or cyclic N) is 1. The summed E-state index contributed by atoms with van der Waals surface area (Å²) in [5, 5.41) is 26.8. The Bertz CT molecular complexity index is 976. The maximum Gasteiger partial charge on any atom is 0.240 e. The molecule has 3 rings (SSSR count). The van der Waals surface area contributed by atoms with Gasteiger partial charge in [-0.25, -0.2) is 13.1 Å². The molecule has 148 valence electrons. The first kappa shape index (κ1) is 20.2. The highest BCUT2D eigenvalue weighted by Gasteiger charge is 2.35. The van der Waals surface area contributed by atoms with Gasteiger partial charge in [0.2, 0.25) is 10.0 Å². The Morgan fingerprint density at radius 3 is 2.36 bits per heavy atom. The predicted octanol–water partition coefficient (Wildman–Crippen LogP) is 1.17. The Morgan fingerprint density at radius 1 is 1.14 bits per heavy atom. The van der Waals surface area contributed by atoms with Crippen LogP contribution in [0.15, 0.2) is 41.3 Å². The Labute approximate surface area is 164 Å². The van der Waals surface area contributed by atoms with Gasteiger partial charge >= 0.3 is 0 Å². The number of benzene rings is 1. The van der Waals surface area contributed by atoms with Gasteiger partial charge in [-0.3, -0.25) is 0 Å². The van der Waals surface area contributed by atoms with Crippen molar-refractivity contribution >= 4 is 15.8 Å². The normalized spacial score (nSPS) is 20.2. The van der Waals surface area contributed by atoms with E-state index < -0.39 is 22.2 Å². The van der Waals surface area contributed by atoms with Crippen LogP contribution >= 0.6 is 0 Å². The number of hydrogen-bond acceptors (Lipinski definition) is 7. The van der Waals surface area contributed by atoms with Crippen molar-refractivity contribution in [1.29, 1.82) is 5.26 Å². The van der Waals surface area contributed by atoms with E-state index in [-0.39, 0.29) is 29.1 Å². The lowest BCUT2D eigenvalue weighted by Gasteiger charge is -2.20. The molecule has 1 fully saturated rings. The van der Waals surface area contributed by atoms with E-state index in [1.165, 1.54) is 6.07 Å². The van der Waals surface area contributed by atoms with Gasteiger partial charge in [-0.05, 0) is 35.2 Å². The standard InChI is InChI=1S/C19H23N5O3S/c1-19(2,3)13-4-7-15(8-5-13)28(26,27)23-16-11-24(12-17(16)25)18-9-6-14(10-20)21-22-18/h4-9,16-17,23,25H,11-12H2,1-3H3/t16-,17-/m1/s1. The molecular weight excluding hydrogens is 378 g/mol. The molecule has 0 spiro atoms. The van der Waals surface area contributed by atoms with Gasteiger partial charge < -0.3 is 10.0 Å². The van der Waals surface area contributed by atoms with Crippen molar-refractivity contribution in [2.45, 2.75) is 43.2 Å². The number of aliphatic hydroxyl groups excluding tert-OH is 1. The summed E-state index contributed by atoms with van der Waals surface area (Å²) in [5.41, 5.74) is 1.16. The van der Waals surface area contributed by atoms with Gasteiger partial charge in [0.15, 0.2) is 11.5 Å². The van der Waals surface area contributed by atoms with Gasteiger partial charge in [0.05, 0.1) is 17.0 Å². The molecule has 2 atom stereocenters. The van der Waals surface area contributed by atoms with E-state index in [0.29, 0.717) is 5.82 Å². The minimum atomic E-state index is -3.77. The van der Waals surface area contributed by atoms with Crippen LogP contribution in [-0.4, -0.2) is 49.0 Å². The molecule has 1 aliphatic rings. The summed E-state index contributed by atoms with van der Waals surface area (Å²) < 4.78 is 28.0. The summed E-state index contributed by atoms with van der Waals surface area (Å²) in [6, 6.07) is 11.1. The molecule has 9 heteroatoms. The van der Waals surface area contributed by atoms with Gasteiger partial charge in [0.1, 0.15) is 6.07 Å². The van der Waals surface area contributed by atoms with Crippen molar-refractivity contribution in [2.75, 3.05) is 18.0 Å². The Kier molecular flexibility index (Phi) is 5.39. The Balaban J connectivity index is 1.72. The number of sulfonamides is 1. The number of nitrogens with one attached hydrogen (secondary N) is 1. The molecule has 2 N–H and O–H groups in total. The van der Waals surface area contributed by atoms with Crippen LogP contribution in [0.5, 0.6) is 0 Å². The molecule has 8 nitrogen and oxygen atoms in total. The fourth-order valence-corrected chi connectivity index (χ4v) is 4.31.